The summed E-state index contributed by atoms with van der Waals surface area (Å²) >= 11 is 5.86. The Labute approximate surface area is 242 Å². The Morgan fingerprint density at radius 2 is 1.76 bits per heavy atom. The largest absolute Gasteiger partial charge is 0.497 e. The first-order valence-electron chi connectivity index (χ1n) is 12.4. The van der Waals surface area contributed by atoms with Crippen molar-refractivity contribution < 1.29 is 46.1 Å². The average Bonchev–Trinajstić information content (AvgIpc) is 3.21. The van der Waals surface area contributed by atoms with E-state index in [2.05, 4.69) is 10.3 Å². The molecule has 1 fully saturated rings. The number of carbonyl (C=O) groups is 2. The number of hydrogen-bond acceptors (Lipinski definition) is 6. The van der Waals surface area contributed by atoms with Crippen LogP contribution in [0.5, 0.6) is 11.5 Å². The predicted octanol–water partition coefficient (Wildman–Crippen LogP) is 5.12. The zero-order valence-electron chi connectivity index (χ0n) is 22.4. The van der Waals surface area contributed by atoms with Crippen molar-refractivity contribution in [2.45, 2.75) is 37.6 Å². The number of aliphatic hydroxyl groups is 1. The molecule has 0 spiro atoms. The first kappa shape index (κ1) is 31.0. The predicted molar refractivity (Wildman–Crippen MR) is 142 cm³/mol. The lowest BCUT2D eigenvalue weighted by atomic mass is 9.92. The molecular formula is C28H25ClF5N3O5. The number of ether oxygens (including phenoxy) is 2. The number of benzene rings is 2. The van der Waals surface area contributed by atoms with E-state index in [0.717, 1.165) is 24.4 Å². The highest BCUT2D eigenvalue weighted by Crippen LogP contribution is 2.45. The highest BCUT2D eigenvalue weighted by Gasteiger charge is 2.49. The third-order valence-corrected chi connectivity index (χ3v) is 6.63. The average molecular weight is 614 g/mol. The SMILES string of the molecule is COc1cc(F)c([C@@H]2CN(c3nccc(OCC(C)(C)O)c3C(F)(F)F)C(=O)[C@H]2NC(=O)c2ccc(Cl)cc2)c(F)c1. The van der Waals surface area contributed by atoms with Gasteiger partial charge in [0, 0.05) is 46.9 Å². The molecule has 8 nitrogen and oxygen atoms in total. The molecule has 4 rings (SSSR count). The van der Waals surface area contributed by atoms with E-state index in [0.29, 0.717) is 9.92 Å². The summed E-state index contributed by atoms with van der Waals surface area (Å²) in [4.78, 5) is 31.1. The van der Waals surface area contributed by atoms with Gasteiger partial charge in [-0.25, -0.2) is 13.8 Å². The first-order valence-corrected chi connectivity index (χ1v) is 12.8. The van der Waals surface area contributed by atoms with Crippen molar-refractivity contribution >= 4 is 29.2 Å². The number of methoxy groups -OCH3 is 1. The maximum atomic E-state index is 15.2. The fourth-order valence-corrected chi connectivity index (χ4v) is 4.61. The highest BCUT2D eigenvalue weighted by atomic mass is 35.5. The molecule has 42 heavy (non-hydrogen) atoms. The van der Waals surface area contributed by atoms with Crippen molar-refractivity contribution in [3.8, 4) is 11.5 Å². The molecule has 2 heterocycles. The third-order valence-electron chi connectivity index (χ3n) is 6.38. The molecular weight excluding hydrogens is 589 g/mol. The van der Waals surface area contributed by atoms with Gasteiger partial charge in [0.05, 0.1) is 12.7 Å². The van der Waals surface area contributed by atoms with E-state index in [9.17, 15) is 27.9 Å². The van der Waals surface area contributed by atoms with Crippen LogP contribution >= 0.6 is 11.6 Å². The van der Waals surface area contributed by atoms with Crippen LogP contribution in [0.15, 0.2) is 48.7 Å². The Bertz CT molecular complexity index is 1470. The van der Waals surface area contributed by atoms with E-state index in [-0.39, 0.29) is 11.3 Å². The summed E-state index contributed by atoms with van der Waals surface area (Å²) in [5.41, 5.74) is -3.55. The summed E-state index contributed by atoms with van der Waals surface area (Å²) in [5, 5.41) is 12.7. The number of pyridine rings is 1. The maximum Gasteiger partial charge on any atom is 0.423 e. The number of halogens is 6. The number of nitrogens with one attached hydrogen (secondary N) is 1. The second-order valence-corrected chi connectivity index (χ2v) is 10.6. The number of aromatic nitrogens is 1. The lowest BCUT2D eigenvalue weighted by Gasteiger charge is -2.24. The van der Waals surface area contributed by atoms with Gasteiger partial charge < -0.3 is 19.9 Å². The van der Waals surface area contributed by atoms with Gasteiger partial charge in [-0.2, -0.15) is 13.2 Å². The molecule has 1 aliphatic rings. The van der Waals surface area contributed by atoms with Gasteiger partial charge in [0.25, 0.3) is 11.8 Å². The van der Waals surface area contributed by atoms with Crippen LogP contribution in [0.1, 0.15) is 41.3 Å². The van der Waals surface area contributed by atoms with Crippen molar-refractivity contribution in [2.24, 2.45) is 0 Å². The second kappa shape index (κ2) is 11.7. The minimum Gasteiger partial charge on any atom is -0.497 e. The maximum absolute atomic E-state index is 15.2. The van der Waals surface area contributed by atoms with Gasteiger partial charge in [0.15, 0.2) is 5.82 Å². The quantitative estimate of drug-likeness (QED) is 0.342. The Morgan fingerprint density at radius 1 is 1.14 bits per heavy atom. The summed E-state index contributed by atoms with van der Waals surface area (Å²) < 4.78 is 83.6. The van der Waals surface area contributed by atoms with Crippen molar-refractivity contribution in [1.29, 1.82) is 0 Å². The van der Waals surface area contributed by atoms with Gasteiger partial charge in [-0.1, -0.05) is 11.6 Å². The van der Waals surface area contributed by atoms with Crippen LogP contribution in [-0.4, -0.2) is 53.8 Å². The van der Waals surface area contributed by atoms with E-state index in [1.54, 1.807) is 0 Å². The van der Waals surface area contributed by atoms with E-state index in [1.807, 2.05) is 0 Å². The summed E-state index contributed by atoms with van der Waals surface area (Å²) in [6.45, 7) is 1.43. The topological polar surface area (TPSA) is 101 Å². The van der Waals surface area contributed by atoms with Crippen molar-refractivity contribution in [2.75, 3.05) is 25.2 Å². The first-order chi connectivity index (χ1) is 19.6. The summed E-state index contributed by atoms with van der Waals surface area (Å²) in [6, 6.07) is 6.41. The van der Waals surface area contributed by atoms with Crippen LogP contribution in [0.4, 0.5) is 27.8 Å². The molecule has 2 atom stereocenters. The van der Waals surface area contributed by atoms with E-state index >= 15 is 8.78 Å². The normalized spacial score (nSPS) is 17.4. The van der Waals surface area contributed by atoms with E-state index < -0.39 is 83.0 Å². The number of rotatable bonds is 8. The van der Waals surface area contributed by atoms with Crippen molar-refractivity contribution in [3.63, 3.8) is 0 Å². The molecule has 2 N–H and O–H groups in total. The number of amides is 2. The number of carbonyl (C=O) groups excluding carboxylic acids is 2. The fraction of sp³-hybridized carbons (Fsp3) is 0.321. The van der Waals surface area contributed by atoms with Crippen LogP contribution in [0, 0.1) is 11.6 Å². The molecule has 0 aliphatic carbocycles. The van der Waals surface area contributed by atoms with Crippen molar-refractivity contribution in [1.82, 2.24) is 10.3 Å². The van der Waals surface area contributed by atoms with Gasteiger partial charge in [-0.05, 0) is 44.2 Å². The molecule has 0 unspecified atom stereocenters. The lowest BCUT2D eigenvalue weighted by molar-refractivity contribution is -0.139. The monoisotopic (exact) mass is 613 g/mol. The molecule has 2 amide bonds. The smallest absolute Gasteiger partial charge is 0.423 e. The Hall–Kier alpha value is -3.97. The summed E-state index contributed by atoms with van der Waals surface area (Å²) in [5.74, 6) is -7.49. The van der Waals surface area contributed by atoms with Crippen molar-refractivity contribution in [3.05, 3.63) is 82.0 Å². The van der Waals surface area contributed by atoms with Crippen LogP contribution in [-0.2, 0) is 11.0 Å². The Balaban J connectivity index is 1.82. The molecule has 1 aliphatic heterocycles. The van der Waals surface area contributed by atoms with Gasteiger partial charge in [0.2, 0.25) is 0 Å². The third kappa shape index (κ3) is 6.57. The molecule has 14 heteroatoms. The number of alkyl halides is 3. The van der Waals surface area contributed by atoms with Crippen LogP contribution in [0.25, 0.3) is 0 Å². The molecule has 0 saturated carbocycles. The molecule has 2 aromatic carbocycles. The lowest BCUT2D eigenvalue weighted by Crippen LogP contribution is -2.44. The number of nitrogens with zero attached hydrogens (tertiary/aromatic N) is 2. The minimum atomic E-state index is -5.10. The Kier molecular flexibility index (Phi) is 8.65. The van der Waals surface area contributed by atoms with Crippen LogP contribution < -0.4 is 19.7 Å². The number of anilines is 1. The molecule has 1 saturated heterocycles. The van der Waals surface area contributed by atoms with Crippen LogP contribution in [0.2, 0.25) is 5.02 Å². The highest BCUT2D eigenvalue weighted by molar-refractivity contribution is 6.30. The zero-order valence-corrected chi connectivity index (χ0v) is 23.2. The number of hydrogen-bond donors (Lipinski definition) is 2. The van der Waals surface area contributed by atoms with E-state index in [1.165, 1.54) is 45.2 Å². The Morgan fingerprint density at radius 3 is 2.31 bits per heavy atom. The van der Waals surface area contributed by atoms with Gasteiger partial charge in [0.1, 0.15) is 41.3 Å². The standard InChI is InChI=1S/C28H25ClF5N3O5/c1-27(2,40)13-42-20-8-9-35-24(22(20)28(32,33)34)37-12-17(21-18(30)10-16(41-3)11-19(21)31)23(26(37)39)36-25(38)14-4-6-15(29)7-5-14/h4-11,17,23,40H,12-13H2,1-3H3,(H,36,38)/t17-,23-/m0/s1. The second-order valence-electron chi connectivity index (χ2n) is 10.1. The van der Waals surface area contributed by atoms with Gasteiger partial charge >= 0.3 is 6.18 Å². The zero-order chi connectivity index (χ0) is 31.0. The molecule has 0 radical (unpaired) electrons. The molecule has 1 aromatic heterocycles. The molecule has 0 bridgehead atoms. The fourth-order valence-electron chi connectivity index (χ4n) is 4.48. The van der Waals surface area contributed by atoms with Gasteiger partial charge in [-0.3, -0.25) is 14.5 Å². The molecule has 224 valence electrons. The van der Waals surface area contributed by atoms with Crippen LogP contribution in [0.3, 0.4) is 0 Å². The molecule has 3 aromatic rings. The summed E-state index contributed by atoms with van der Waals surface area (Å²) in [6.07, 6.45) is -4.14. The van der Waals surface area contributed by atoms with E-state index in [4.69, 9.17) is 21.1 Å². The minimum absolute atomic E-state index is 0.0381. The van der Waals surface area contributed by atoms with Gasteiger partial charge in [-0.15, -0.1) is 0 Å². The summed E-state index contributed by atoms with van der Waals surface area (Å²) in [7, 11) is 1.18.